The third kappa shape index (κ3) is 35.1. The Morgan fingerprint density at radius 2 is 0.962 bits per heavy atom. The van der Waals surface area contributed by atoms with Gasteiger partial charge in [-0.05, 0) is 12.5 Å². The molecule has 0 radical (unpaired) electrons. The third-order valence-corrected chi connectivity index (χ3v) is 4.25. The summed E-state index contributed by atoms with van der Waals surface area (Å²) in [4.78, 5) is 11.0. The second-order valence-corrected chi connectivity index (χ2v) is 8.84. The normalized spacial score (nSPS) is 11.0. The Kier molecular flexibility index (Phi) is 23.0. The molecule has 26 heavy (non-hydrogen) atoms. The van der Waals surface area contributed by atoms with Crippen LogP contribution in [0.25, 0.3) is 0 Å². The second kappa shape index (κ2) is 21.3. The van der Waals surface area contributed by atoms with Gasteiger partial charge in [0.1, 0.15) is 0 Å². The van der Waals surface area contributed by atoms with E-state index in [2.05, 4.69) is 13.5 Å². The van der Waals surface area contributed by atoms with Crippen molar-refractivity contribution in [2.45, 2.75) is 110 Å². The Labute approximate surface area is 165 Å². The first-order valence-electron chi connectivity index (χ1n) is 10.4. The van der Waals surface area contributed by atoms with Crippen LogP contribution in [0.2, 0.25) is 0 Å². The fourth-order valence-corrected chi connectivity index (χ4v) is 2.77. The van der Waals surface area contributed by atoms with E-state index in [-0.39, 0.29) is 5.78 Å². The van der Waals surface area contributed by atoms with Gasteiger partial charge < -0.3 is 0 Å². The van der Waals surface area contributed by atoms with Gasteiger partial charge in [-0.25, -0.2) is 0 Å². The summed E-state index contributed by atoms with van der Waals surface area (Å²) in [6.07, 6.45) is 22.7. The third-order valence-electron chi connectivity index (χ3n) is 4.25. The van der Waals surface area contributed by atoms with Crippen LogP contribution in [0.4, 0.5) is 0 Å². The summed E-state index contributed by atoms with van der Waals surface area (Å²) >= 11 is -5.00. The predicted octanol–water partition coefficient (Wildman–Crippen LogP) is 4.77. The maximum atomic E-state index is 11.0. The Morgan fingerprint density at radius 1 is 0.692 bits per heavy atom. The molecular weight excluding hydrogens is 368 g/mol. The molecule has 0 bridgehead atoms. The molecule has 0 amide bonds. The first kappa shape index (κ1) is 28.2. The van der Waals surface area contributed by atoms with Crippen molar-refractivity contribution < 1.29 is 37.7 Å². The van der Waals surface area contributed by atoms with Gasteiger partial charge in [0.05, 0.1) is 0 Å². The fourth-order valence-electron chi connectivity index (χ4n) is 2.77. The molecule has 0 aliphatic rings. The van der Waals surface area contributed by atoms with Crippen LogP contribution < -0.4 is 0 Å². The molecular formula is C20H42O5Ti. The summed E-state index contributed by atoms with van der Waals surface area (Å²) in [6.45, 7) is 5.78. The molecule has 0 saturated carbocycles. The summed E-state index contributed by atoms with van der Waals surface area (Å²) in [6, 6.07) is 0. The van der Waals surface area contributed by atoms with Gasteiger partial charge in [-0.1, -0.05) is 103 Å². The molecule has 0 saturated heterocycles. The van der Waals surface area contributed by atoms with Gasteiger partial charge >= 0.3 is 32.9 Å². The number of allylic oxidation sites excluding steroid dienone is 1. The van der Waals surface area contributed by atoms with Crippen molar-refractivity contribution in [3.63, 3.8) is 0 Å². The Balaban J connectivity index is 0. The Hall–Kier alpha value is -0.0357. The predicted molar refractivity (Wildman–Crippen MR) is 104 cm³/mol. The molecule has 0 aliphatic heterocycles. The monoisotopic (exact) mass is 410 g/mol. The summed E-state index contributed by atoms with van der Waals surface area (Å²) in [5, 5.41) is 0. The minimum absolute atomic E-state index is 0.199. The van der Waals surface area contributed by atoms with E-state index in [1.165, 1.54) is 96.0 Å². The topological polar surface area (TPSA) is 98.0 Å². The van der Waals surface area contributed by atoms with Gasteiger partial charge in [0.15, 0.2) is 5.78 Å². The van der Waals surface area contributed by atoms with Crippen molar-refractivity contribution >= 4 is 5.78 Å². The van der Waals surface area contributed by atoms with Gasteiger partial charge in [-0.15, -0.1) is 0 Å². The van der Waals surface area contributed by atoms with E-state index in [1.807, 2.05) is 0 Å². The first-order chi connectivity index (χ1) is 12.3. The summed E-state index contributed by atoms with van der Waals surface area (Å²) in [5.41, 5.74) is 0. The molecule has 0 fully saturated rings. The SMILES string of the molecule is C=CC(=O)CCCCCCCCCCCCCCCCC.[OH][Ti]([OH])([OH])[OH]. The van der Waals surface area contributed by atoms with E-state index in [1.54, 1.807) is 0 Å². The standard InChI is InChI=1S/C20H38O.4H2O.Ti/c1-3-5-6-7-8-9-10-11-12-13-14-15-16-17-18-19-20(21)4-2;;;;;/h4H,2-3,5-19H2,1H3;4*1H2;/q;;;;;+4/p-4. The second-order valence-electron chi connectivity index (χ2n) is 6.97. The molecule has 0 aromatic rings. The number of ketones is 1. The molecule has 0 atom stereocenters. The fraction of sp³-hybridized carbons (Fsp3) is 0.850. The van der Waals surface area contributed by atoms with Crippen LogP contribution in [-0.4, -0.2) is 20.5 Å². The number of unbranched alkanes of at least 4 members (excludes halogenated alkanes) is 14. The summed E-state index contributed by atoms with van der Waals surface area (Å²) in [5.74, 6) is 0.199. The van der Waals surface area contributed by atoms with Crippen LogP contribution in [-0.2, 0) is 22.9 Å². The van der Waals surface area contributed by atoms with Gasteiger partial charge in [0.2, 0.25) is 0 Å². The Morgan fingerprint density at radius 3 is 1.23 bits per heavy atom. The zero-order valence-electron chi connectivity index (χ0n) is 16.8. The van der Waals surface area contributed by atoms with E-state index >= 15 is 0 Å². The van der Waals surface area contributed by atoms with Crippen molar-refractivity contribution in [2.24, 2.45) is 0 Å². The average Bonchev–Trinajstić information content (AvgIpc) is 2.56. The molecule has 0 rings (SSSR count). The number of carbonyl (C=O) groups excluding carboxylic acids is 1. The molecule has 0 aliphatic carbocycles. The first-order valence-corrected chi connectivity index (χ1v) is 13.1. The minimum atomic E-state index is -5.00. The molecule has 0 spiro atoms. The van der Waals surface area contributed by atoms with Crippen molar-refractivity contribution in [1.82, 2.24) is 0 Å². The van der Waals surface area contributed by atoms with Gasteiger partial charge in [-0.3, -0.25) is 4.79 Å². The number of hydrogen-bond donors (Lipinski definition) is 4. The number of rotatable bonds is 17. The van der Waals surface area contributed by atoms with Crippen molar-refractivity contribution in [2.75, 3.05) is 0 Å². The van der Waals surface area contributed by atoms with Crippen LogP contribution >= 0.6 is 0 Å². The molecule has 5 nitrogen and oxygen atoms in total. The van der Waals surface area contributed by atoms with Crippen LogP contribution in [0.5, 0.6) is 0 Å². The molecule has 0 aromatic carbocycles. The van der Waals surface area contributed by atoms with E-state index in [0.29, 0.717) is 6.42 Å². The van der Waals surface area contributed by atoms with Crippen molar-refractivity contribution in [1.29, 1.82) is 0 Å². The summed E-state index contributed by atoms with van der Waals surface area (Å²) in [7, 11) is 0. The molecule has 0 heterocycles. The van der Waals surface area contributed by atoms with Crippen LogP contribution in [0, 0.1) is 0 Å². The van der Waals surface area contributed by atoms with Crippen LogP contribution in [0.3, 0.4) is 0 Å². The van der Waals surface area contributed by atoms with Gasteiger partial charge in [-0.2, -0.15) is 0 Å². The van der Waals surface area contributed by atoms with E-state index < -0.39 is 18.1 Å². The van der Waals surface area contributed by atoms with E-state index in [0.717, 1.165) is 6.42 Å². The maximum absolute atomic E-state index is 11.0. The van der Waals surface area contributed by atoms with E-state index in [9.17, 15) is 4.79 Å². The average molecular weight is 410 g/mol. The van der Waals surface area contributed by atoms with E-state index in [4.69, 9.17) is 14.8 Å². The Bertz CT molecular complexity index is 310. The molecule has 4 N–H and O–H groups in total. The zero-order valence-corrected chi connectivity index (χ0v) is 18.4. The van der Waals surface area contributed by atoms with Crippen LogP contribution in [0.1, 0.15) is 110 Å². The van der Waals surface area contributed by atoms with Gasteiger partial charge in [0, 0.05) is 6.42 Å². The quantitative estimate of drug-likeness (QED) is 0.157. The van der Waals surface area contributed by atoms with Crippen molar-refractivity contribution in [3.8, 4) is 0 Å². The number of hydrogen-bond acceptors (Lipinski definition) is 5. The summed E-state index contributed by atoms with van der Waals surface area (Å²) < 4.78 is 29.5. The molecule has 6 heteroatoms. The molecule has 0 unspecified atom stereocenters. The van der Waals surface area contributed by atoms with Gasteiger partial charge in [0.25, 0.3) is 0 Å². The zero-order chi connectivity index (χ0) is 20.1. The van der Waals surface area contributed by atoms with Crippen molar-refractivity contribution in [3.05, 3.63) is 12.7 Å². The molecule has 0 aromatic heterocycles. The molecule has 156 valence electrons. The van der Waals surface area contributed by atoms with Crippen LogP contribution in [0.15, 0.2) is 12.7 Å². The number of carbonyl (C=O) groups is 1.